The minimum absolute atomic E-state index is 0.00456. The Balaban J connectivity index is 3.75. The van der Waals surface area contributed by atoms with Crippen molar-refractivity contribution in [3.05, 3.63) is 11.3 Å². The van der Waals surface area contributed by atoms with Crippen LogP contribution in [0.2, 0.25) is 0 Å². The molecule has 5 nitrogen and oxygen atoms in total. The second kappa shape index (κ2) is 3.75. The summed E-state index contributed by atoms with van der Waals surface area (Å²) in [5.41, 5.74) is -0.196. The Kier molecular flexibility index (Phi) is 3.05. The van der Waals surface area contributed by atoms with Crippen molar-refractivity contribution in [2.24, 2.45) is 0 Å². The lowest BCUT2D eigenvalue weighted by molar-refractivity contribution is 0.325. The van der Waals surface area contributed by atoms with Crippen molar-refractivity contribution in [2.75, 3.05) is 0 Å². The molecule has 0 saturated carbocycles. The largest absolute Gasteiger partial charge is 0.279 e. The van der Waals surface area contributed by atoms with Gasteiger partial charge in [-0.3, -0.25) is 0 Å². The number of halogens is 1. The van der Waals surface area contributed by atoms with Crippen LogP contribution >= 0.6 is 10.7 Å². The third kappa shape index (κ3) is 2.20. The molecule has 0 radical (unpaired) electrons. The van der Waals surface area contributed by atoms with Crippen molar-refractivity contribution < 1.29 is 8.42 Å². The van der Waals surface area contributed by atoms with Crippen molar-refractivity contribution in [3.8, 4) is 6.07 Å². The molecule has 16 heavy (non-hydrogen) atoms. The number of nitrogens with zero attached hydrogens (tertiary/aromatic N) is 3. The second-order valence-electron chi connectivity index (χ2n) is 4.40. The van der Waals surface area contributed by atoms with Crippen molar-refractivity contribution in [3.63, 3.8) is 0 Å². The molecule has 7 heteroatoms. The van der Waals surface area contributed by atoms with E-state index in [1.54, 1.807) is 27.7 Å². The van der Waals surface area contributed by atoms with Crippen LogP contribution in [0.15, 0.2) is 5.03 Å². The summed E-state index contributed by atoms with van der Waals surface area (Å²) in [5.74, 6) is 0. The van der Waals surface area contributed by atoms with E-state index in [2.05, 4.69) is 5.10 Å². The Morgan fingerprint density at radius 3 is 2.25 bits per heavy atom. The van der Waals surface area contributed by atoms with E-state index in [0.717, 1.165) is 0 Å². The van der Waals surface area contributed by atoms with E-state index >= 15 is 0 Å². The Bertz CT molecular complexity index is 561. The Morgan fingerprint density at radius 2 is 1.94 bits per heavy atom. The van der Waals surface area contributed by atoms with E-state index in [1.165, 1.54) is 4.68 Å². The molecule has 0 bridgehead atoms. The molecule has 0 saturated heterocycles. The predicted octanol–water partition coefficient (Wildman–Crippen LogP) is 1.75. The van der Waals surface area contributed by atoms with Gasteiger partial charge in [0, 0.05) is 10.7 Å². The summed E-state index contributed by atoms with van der Waals surface area (Å²) in [6.07, 6.45) is 0. The van der Waals surface area contributed by atoms with E-state index in [-0.39, 0.29) is 10.6 Å². The van der Waals surface area contributed by atoms with Gasteiger partial charge in [-0.25, -0.2) is 13.1 Å². The molecule has 1 rings (SSSR count). The van der Waals surface area contributed by atoms with Crippen LogP contribution in [-0.2, 0) is 14.6 Å². The van der Waals surface area contributed by atoms with Crippen LogP contribution in [0.4, 0.5) is 0 Å². The van der Waals surface area contributed by atoms with Crippen LogP contribution < -0.4 is 0 Å². The fourth-order valence-corrected chi connectivity index (χ4v) is 2.70. The van der Waals surface area contributed by atoms with Gasteiger partial charge in [0.25, 0.3) is 9.05 Å². The van der Waals surface area contributed by atoms with Crippen LogP contribution in [0.25, 0.3) is 0 Å². The third-order valence-electron chi connectivity index (χ3n) is 2.00. The van der Waals surface area contributed by atoms with Gasteiger partial charge < -0.3 is 0 Å². The molecule has 0 fully saturated rings. The molecule has 0 aliphatic rings. The monoisotopic (exact) mass is 261 g/mol. The van der Waals surface area contributed by atoms with Crippen molar-refractivity contribution in [1.82, 2.24) is 9.78 Å². The van der Waals surface area contributed by atoms with Gasteiger partial charge in [0.05, 0.1) is 11.2 Å². The van der Waals surface area contributed by atoms with Gasteiger partial charge in [-0.05, 0) is 27.7 Å². The first-order valence-corrected chi connectivity index (χ1v) is 6.85. The van der Waals surface area contributed by atoms with Crippen molar-refractivity contribution in [2.45, 2.75) is 38.3 Å². The topological polar surface area (TPSA) is 75.8 Å². The summed E-state index contributed by atoms with van der Waals surface area (Å²) in [4.78, 5) is 0. The van der Waals surface area contributed by atoms with Gasteiger partial charge >= 0.3 is 0 Å². The van der Waals surface area contributed by atoms with Crippen molar-refractivity contribution >= 4 is 19.7 Å². The van der Waals surface area contributed by atoms with Crippen molar-refractivity contribution in [1.29, 1.82) is 5.26 Å². The SMILES string of the molecule is Cc1nn(C(C)(C)C)c(S(=O)(=O)Cl)c1C#N. The lowest BCUT2D eigenvalue weighted by Gasteiger charge is -2.21. The van der Waals surface area contributed by atoms with E-state index in [4.69, 9.17) is 15.9 Å². The number of hydrogen-bond acceptors (Lipinski definition) is 4. The molecule has 0 amide bonds. The van der Waals surface area contributed by atoms with Crippen LogP contribution in [0, 0.1) is 18.3 Å². The molecule has 0 unspecified atom stereocenters. The fraction of sp³-hybridized carbons (Fsp3) is 0.556. The average molecular weight is 262 g/mol. The molecular formula is C9H12ClN3O2S. The smallest absolute Gasteiger partial charge is 0.246 e. The molecule has 0 aromatic carbocycles. The minimum atomic E-state index is -3.99. The first-order valence-electron chi connectivity index (χ1n) is 4.54. The highest BCUT2D eigenvalue weighted by Crippen LogP contribution is 2.27. The molecule has 0 aliphatic heterocycles. The highest BCUT2D eigenvalue weighted by molar-refractivity contribution is 8.13. The van der Waals surface area contributed by atoms with Gasteiger partial charge in [-0.2, -0.15) is 10.4 Å². The molecule has 88 valence electrons. The predicted molar refractivity (Wildman–Crippen MR) is 59.7 cm³/mol. The Labute approximate surface area is 99.1 Å². The van der Waals surface area contributed by atoms with Gasteiger partial charge in [-0.15, -0.1) is 0 Å². The van der Waals surface area contributed by atoms with Gasteiger partial charge in [0.1, 0.15) is 11.6 Å². The normalized spacial score (nSPS) is 12.5. The summed E-state index contributed by atoms with van der Waals surface area (Å²) >= 11 is 0. The van der Waals surface area contributed by atoms with Crippen LogP contribution in [0.1, 0.15) is 32.0 Å². The zero-order valence-electron chi connectivity index (χ0n) is 9.44. The number of aromatic nitrogens is 2. The summed E-state index contributed by atoms with van der Waals surface area (Å²) in [7, 11) is 1.34. The fourth-order valence-electron chi connectivity index (χ4n) is 1.31. The van der Waals surface area contributed by atoms with E-state index in [0.29, 0.717) is 5.69 Å². The molecule has 1 aromatic heterocycles. The zero-order valence-corrected chi connectivity index (χ0v) is 11.0. The lowest BCUT2D eigenvalue weighted by atomic mass is 10.1. The Hall–Kier alpha value is -1.06. The average Bonchev–Trinajstić information content (AvgIpc) is 2.40. The number of rotatable bonds is 1. The quantitative estimate of drug-likeness (QED) is 0.722. The summed E-state index contributed by atoms with van der Waals surface area (Å²) < 4.78 is 24.2. The van der Waals surface area contributed by atoms with Crippen LogP contribution in [0.3, 0.4) is 0 Å². The molecule has 0 atom stereocenters. The summed E-state index contributed by atoms with van der Waals surface area (Å²) in [6, 6.07) is 1.82. The number of hydrogen-bond donors (Lipinski definition) is 0. The first-order chi connectivity index (χ1) is 7.09. The molecule has 0 N–H and O–H groups in total. The van der Waals surface area contributed by atoms with Crippen LogP contribution in [0.5, 0.6) is 0 Å². The van der Waals surface area contributed by atoms with Gasteiger partial charge in [0.2, 0.25) is 0 Å². The first kappa shape index (κ1) is 13.0. The molecule has 1 heterocycles. The Morgan fingerprint density at radius 1 is 1.44 bits per heavy atom. The van der Waals surface area contributed by atoms with Gasteiger partial charge in [0.15, 0.2) is 5.03 Å². The highest BCUT2D eigenvalue weighted by atomic mass is 35.7. The number of aryl methyl sites for hydroxylation is 1. The molecule has 0 aliphatic carbocycles. The second-order valence-corrected chi connectivity index (χ2v) is 6.88. The van der Waals surface area contributed by atoms with E-state index < -0.39 is 14.6 Å². The summed E-state index contributed by atoms with van der Waals surface area (Å²) in [5, 5.41) is 12.7. The number of nitriles is 1. The zero-order chi connectivity index (χ0) is 12.7. The third-order valence-corrected chi connectivity index (χ3v) is 3.27. The summed E-state index contributed by atoms with van der Waals surface area (Å²) in [6.45, 7) is 6.93. The molecule has 0 spiro atoms. The van der Waals surface area contributed by atoms with E-state index in [9.17, 15) is 8.42 Å². The lowest BCUT2D eigenvalue weighted by Crippen LogP contribution is -2.26. The highest BCUT2D eigenvalue weighted by Gasteiger charge is 2.30. The molecular weight excluding hydrogens is 250 g/mol. The van der Waals surface area contributed by atoms with E-state index in [1.807, 2.05) is 6.07 Å². The standard InChI is InChI=1S/C9H12ClN3O2S/c1-6-7(5-11)8(16(10,14)15)13(12-6)9(2,3)4/h1-4H3. The minimum Gasteiger partial charge on any atom is -0.246 e. The maximum Gasteiger partial charge on any atom is 0.279 e. The van der Waals surface area contributed by atoms with Crippen LogP contribution in [-0.4, -0.2) is 18.2 Å². The maximum atomic E-state index is 11.4. The molecule has 1 aromatic rings. The van der Waals surface area contributed by atoms with Gasteiger partial charge in [-0.1, -0.05) is 0 Å². The maximum absolute atomic E-state index is 11.4.